The second-order valence-corrected chi connectivity index (χ2v) is 5.04. The maximum absolute atomic E-state index is 12.0. The Morgan fingerprint density at radius 3 is 2.35 bits per heavy atom. The van der Waals surface area contributed by atoms with Gasteiger partial charge in [-0.05, 0) is 38.0 Å². The summed E-state index contributed by atoms with van der Waals surface area (Å²) in [5.74, 6) is -0.0150. The largest absolute Gasteiger partial charge is 0.324 e. The molecule has 0 aliphatic rings. The van der Waals surface area contributed by atoms with Crippen LogP contribution in [0.2, 0.25) is 0 Å². The van der Waals surface area contributed by atoms with E-state index < -0.39 is 0 Å². The van der Waals surface area contributed by atoms with Crippen LogP contribution in [0.15, 0.2) is 42.5 Å². The van der Waals surface area contributed by atoms with Crippen molar-refractivity contribution in [2.75, 3.05) is 5.43 Å². The summed E-state index contributed by atoms with van der Waals surface area (Å²) in [5, 5.41) is 0. The number of amides is 1. The van der Waals surface area contributed by atoms with Crippen LogP contribution in [0, 0.1) is 13.8 Å². The van der Waals surface area contributed by atoms with E-state index in [1.54, 1.807) is 4.68 Å². The van der Waals surface area contributed by atoms with E-state index >= 15 is 0 Å². The number of nitrogens with zero attached hydrogens (tertiary/aromatic N) is 1. The fourth-order valence-corrected chi connectivity index (χ4v) is 2.18. The number of aromatic nitrogens is 1. The molecule has 2 aromatic rings. The van der Waals surface area contributed by atoms with Crippen molar-refractivity contribution in [3.63, 3.8) is 0 Å². The van der Waals surface area contributed by atoms with Crippen LogP contribution in [0.25, 0.3) is 0 Å². The summed E-state index contributed by atoms with van der Waals surface area (Å²) in [5.41, 5.74) is 12.1. The molecule has 0 saturated heterocycles. The van der Waals surface area contributed by atoms with E-state index in [0.29, 0.717) is 12.8 Å². The molecule has 1 atom stereocenters. The molecule has 0 radical (unpaired) electrons. The third kappa shape index (κ3) is 3.48. The minimum Gasteiger partial charge on any atom is -0.324 e. The normalized spacial score (nSPS) is 12.2. The highest BCUT2D eigenvalue weighted by Gasteiger charge is 2.10. The van der Waals surface area contributed by atoms with Crippen molar-refractivity contribution in [1.82, 2.24) is 4.68 Å². The molecule has 4 heteroatoms. The van der Waals surface area contributed by atoms with Crippen molar-refractivity contribution < 1.29 is 4.79 Å². The number of benzene rings is 1. The molecule has 1 aromatic heterocycles. The standard InChI is InChI=1S/C16H21N3O/c1-12-8-9-13(2)19(12)18-16(20)11-10-15(17)14-6-4-3-5-7-14/h3-9,15H,10-11,17H2,1-2H3,(H,18,20). The number of aryl methyl sites for hydroxylation is 2. The van der Waals surface area contributed by atoms with Gasteiger partial charge in [-0.15, -0.1) is 0 Å². The molecule has 1 amide bonds. The number of hydrogen-bond donors (Lipinski definition) is 2. The molecule has 0 bridgehead atoms. The molecule has 0 aliphatic heterocycles. The molecule has 0 saturated carbocycles. The third-order valence-electron chi connectivity index (χ3n) is 3.42. The lowest BCUT2D eigenvalue weighted by Crippen LogP contribution is -2.25. The van der Waals surface area contributed by atoms with Gasteiger partial charge in [0.25, 0.3) is 0 Å². The first-order valence-corrected chi connectivity index (χ1v) is 6.83. The van der Waals surface area contributed by atoms with Crippen LogP contribution in [-0.2, 0) is 4.79 Å². The first-order valence-electron chi connectivity index (χ1n) is 6.83. The summed E-state index contributed by atoms with van der Waals surface area (Å²) in [7, 11) is 0. The van der Waals surface area contributed by atoms with Gasteiger partial charge in [-0.25, -0.2) is 0 Å². The number of nitrogens with one attached hydrogen (secondary N) is 1. The zero-order chi connectivity index (χ0) is 14.5. The fourth-order valence-electron chi connectivity index (χ4n) is 2.18. The summed E-state index contributed by atoms with van der Waals surface area (Å²) in [4.78, 5) is 12.0. The maximum Gasteiger partial charge on any atom is 0.238 e. The van der Waals surface area contributed by atoms with Crippen LogP contribution in [0.3, 0.4) is 0 Å². The zero-order valence-corrected chi connectivity index (χ0v) is 12.0. The second-order valence-electron chi connectivity index (χ2n) is 5.04. The summed E-state index contributed by atoms with van der Waals surface area (Å²) in [6, 6.07) is 13.7. The minimum atomic E-state index is -0.103. The van der Waals surface area contributed by atoms with E-state index in [4.69, 9.17) is 5.73 Å². The smallest absolute Gasteiger partial charge is 0.238 e. The summed E-state index contributed by atoms with van der Waals surface area (Å²) in [6.07, 6.45) is 1.04. The van der Waals surface area contributed by atoms with Crippen molar-refractivity contribution in [2.45, 2.75) is 32.7 Å². The van der Waals surface area contributed by atoms with Crippen LogP contribution >= 0.6 is 0 Å². The van der Waals surface area contributed by atoms with E-state index in [9.17, 15) is 4.79 Å². The molecule has 1 heterocycles. The predicted octanol–water partition coefficient (Wildman–Crippen LogP) is 2.66. The third-order valence-corrected chi connectivity index (χ3v) is 3.42. The summed E-state index contributed by atoms with van der Waals surface area (Å²) >= 11 is 0. The number of rotatable bonds is 5. The van der Waals surface area contributed by atoms with Crippen molar-refractivity contribution in [3.8, 4) is 0 Å². The first kappa shape index (κ1) is 14.3. The lowest BCUT2D eigenvalue weighted by Gasteiger charge is -2.14. The Hall–Kier alpha value is -2.07. The first-order chi connectivity index (χ1) is 9.58. The number of carbonyl (C=O) groups is 1. The van der Waals surface area contributed by atoms with Crippen LogP contribution in [0.1, 0.15) is 35.8 Å². The fraction of sp³-hybridized carbons (Fsp3) is 0.312. The molecular formula is C16H21N3O. The van der Waals surface area contributed by atoms with Gasteiger partial charge in [-0.3, -0.25) is 14.9 Å². The Morgan fingerprint density at radius 1 is 1.15 bits per heavy atom. The molecule has 1 unspecified atom stereocenters. The van der Waals surface area contributed by atoms with Gasteiger partial charge in [-0.2, -0.15) is 0 Å². The molecule has 0 spiro atoms. The quantitative estimate of drug-likeness (QED) is 0.878. The van der Waals surface area contributed by atoms with Crippen molar-refractivity contribution in [1.29, 1.82) is 0 Å². The average molecular weight is 271 g/mol. The molecular weight excluding hydrogens is 250 g/mol. The van der Waals surface area contributed by atoms with E-state index in [2.05, 4.69) is 5.43 Å². The van der Waals surface area contributed by atoms with Crippen LogP contribution in [0.4, 0.5) is 0 Å². The summed E-state index contributed by atoms with van der Waals surface area (Å²) in [6.45, 7) is 3.92. The molecule has 2 rings (SSSR count). The highest BCUT2D eigenvalue weighted by molar-refractivity contribution is 5.83. The molecule has 20 heavy (non-hydrogen) atoms. The Kier molecular flexibility index (Phi) is 4.58. The van der Waals surface area contributed by atoms with Crippen LogP contribution in [-0.4, -0.2) is 10.6 Å². The Morgan fingerprint density at radius 2 is 1.75 bits per heavy atom. The van der Waals surface area contributed by atoms with Gasteiger partial charge in [0.2, 0.25) is 5.91 Å². The predicted molar refractivity (Wildman–Crippen MR) is 80.9 cm³/mol. The SMILES string of the molecule is Cc1ccc(C)n1NC(=O)CCC(N)c1ccccc1. The molecule has 0 fully saturated rings. The number of carbonyl (C=O) groups excluding carboxylic acids is 1. The van der Waals surface area contributed by atoms with Crippen molar-refractivity contribution >= 4 is 5.91 Å². The zero-order valence-electron chi connectivity index (χ0n) is 12.0. The van der Waals surface area contributed by atoms with E-state index in [-0.39, 0.29) is 11.9 Å². The summed E-state index contributed by atoms with van der Waals surface area (Å²) < 4.78 is 1.80. The van der Waals surface area contributed by atoms with Gasteiger partial charge in [0, 0.05) is 23.9 Å². The van der Waals surface area contributed by atoms with Gasteiger partial charge in [0.1, 0.15) is 0 Å². The number of hydrogen-bond acceptors (Lipinski definition) is 2. The average Bonchev–Trinajstić information content (AvgIpc) is 2.77. The lowest BCUT2D eigenvalue weighted by atomic mass is 10.0. The van der Waals surface area contributed by atoms with Gasteiger partial charge in [0.05, 0.1) is 0 Å². The number of nitrogens with two attached hydrogens (primary N) is 1. The van der Waals surface area contributed by atoms with Gasteiger partial charge in [0.15, 0.2) is 0 Å². The Labute approximate surface area is 119 Å². The molecule has 3 N–H and O–H groups in total. The lowest BCUT2D eigenvalue weighted by molar-refractivity contribution is -0.117. The van der Waals surface area contributed by atoms with Gasteiger partial charge < -0.3 is 5.73 Å². The highest BCUT2D eigenvalue weighted by Crippen LogP contribution is 2.15. The van der Waals surface area contributed by atoms with E-state index in [0.717, 1.165) is 17.0 Å². The highest BCUT2D eigenvalue weighted by atomic mass is 16.2. The van der Waals surface area contributed by atoms with Gasteiger partial charge >= 0.3 is 0 Å². The van der Waals surface area contributed by atoms with Gasteiger partial charge in [-0.1, -0.05) is 30.3 Å². The Bertz CT molecular complexity index is 555. The van der Waals surface area contributed by atoms with Crippen molar-refractivity contribution in [3.05, 3.63) is 59.4 Å². The topological polar surface area (TPSA) is 60.0 Å². The van der Waals surface area contributed by atoms with E-state index in [1.807, 2.05) is 56.3 Å². The minimum absolute atomic E-state index is 0.0150. The maximum atomic E-state index is 12.0. The molecule has 1 aromatic carbocycles. The Balaban J connectivity index is 1.87. The second kappa shape index (κ2) is 6.39. The van der Waals surface area contributed by atoms with Crippen LogP contribution in [0.5, 0.6) is 0 Å². The van der Waals surface area contributed by atoms with E-state index in [1.165, 1.54) is 0 Å². The van der Waals surface area contributed by atoms with Crippen LogP contribution < -0.4 is 11.2 Å². The molecule has 106 valence electrons. The molecule has 4 nitrogen and oxygen atoms in total. The monoisotopic (exact) mass is 271 g/mol. The van der Waals surface area contributed by atoms with Crippen molar-refractivity contribution in [2.24, 2.45) is 5.73 Å². The molecule has 0 aliphatic carbocycles.